The van der Waals surface area contributed by atoms with Gasteiger partial charge >= 0.3 is 0 Å². The number of hydrogen-bond acceptors (Lipinski definition) is 6. The summed E-state index contributed by atoms with van der Waals surface area (Å²) in [6.45, 7) is 6.26. The average Bonchev–Trinajstić information content (AvgIpc) is 2.99. The van der Waals surface area contributed by atoms with E-state index in [9.17, 15) is 9.59 Å². The highest BCUT2D eigenvalue weighted by atomic mass is 32.2. The molecule has 0 fully saturated rings. The smallest absolute Gasteiger partial charge is 0.258 e. The molecule has 0 aliphatic rings. The summed E-state index contributed by atoms with van der Waals surface area (Å²) in [5.74, 6) is 1.44. The van der Waals surface area contributed by atoms with Crippen LogP contribution >= 0.6 is 23.1 Å². The van der Waals surface area contributed by atoms with Crippen LogP contribution in [0.15, 0.2) is 22.4 Å². The number of amides is 1. The van der Waals surface area contributed by atoms with Gasteiger partial charge in [-0.1, -0.05) is 13.8 Å². The van der Waals surface area contributed by atoms with Gasteiger partial charge in [-0.15, -0.1) is 23.1 Å². The molecule has 1 N–H and O–H groups in total. The maximum atomic E-state index is 11.9. The van der Waals surface area contributed by atoms with E-state index in [-0.39, 0.29) is 11.5 Å². The van der Waals surface area contributed by atoms with Gasteiger partial charge < -0.3 is 10.1 Å². The number of thioether (sulfide) groups is 1. The average molecular weight is 370 g/mol. The van der Waals surface area contributed by atoms with Crippen LogP contribution in [0.3, 0.4) is 0 Å². The lowest BCUT2D eigenvalue weighted by Crippen LogP contribution is -2.27. The van der Waals surface area contributed by atoms with Crippen molar-refractivity contribution in [3.05, 3.63) is 33.7 Å². The van der Waals surface area contributed by atoms with Crippen LogP contribution in [-0.2, 0) is 15.3 Å². The highest BCUT2D eigenvalue weighted by Crippen LogP contribution is 2.12. The van der Waals surface area contributed by atoms with Crippen LogP contribution in [0.4, 0.5) is 0 Å². The topological polar surface area (TPSA) is 72.7 Å². The van der Waals surface area contributed by atoms with E-state index in [4.69, 9.17) is 4.74 Å². The highest BCUT2D eigenvalue weighted by Gasteiger charge is 2.06. The molecule has 8 heteroatoms. The Kier molecular flexibility index (Phi) is 7.74. The predicted octanol–water partition coefficient (Wildman–Crippen LogP) is 2.17. The van der Waals surface area contributed by atoms with Crippen LogP contribution in [0, 0.1) is 5.92 Å². The van der Waals surface area contributed by atoms with Gasteiger partial charge in [0.15, 0.2) is 4.96 Å². The van der Waals surface area contributed by atoms with E-state index in [1.54, 1.807) is 6.20 Å². The number of ether oxygens (including phenoxy) is 1. The zero-order chi connectivity index (χ0) is 17.4. The van der Waals surface area contributed by atoms with E-state index in [0.717, 1.165) is 13.0 Å². The van der Waals surface area contributed by atoms with Crippen molar-refractivity contribution in [2.45, 2.75) is 26.0 Å². The van der Waals surface area contributed by atoms with Crippen LogP contribution in [0.2, 0.25) is 0 Å². The van der Waals surface area contributed by atoms with Gasteiger partial charge in [0.2, 0.25) is 5.91 Å². The molecule has 0 aromatic carbocycles. The van der Waals surface area contributed by atoms with Crippen molar-refractivity contribution in [3.63, 3.8) is 0 Å². The second-order valence-corrected chi connectivity index (χ2v) is 7.66. The minimum Gasteiger partial charge on any atom is -0.381 e. The van der Waals surface area contributed by atoms with Crippen molar-refractivity contribution in [3.8, 4) is 0 Å². The lowest BCUT2D eigenvalue weighted by Gasteiger charge is -2.07. The summed E-state index contributed by atoms with van der Waals surface area (Å²) >= 11 is 2.88. The van der Waals surface area contributed by atoms with Gasteiger partial charge in [0, 0.05) is 43.2 Å². The van der Waals surface area contributed by atoms with E-state index < -0.39 is 0 Å². The van der Waals surface area contributed by atoms with Crippen molar-refractivity contribution < 1.29 is 9.53 Å². The number of nitrogens with one attached hydrogen (secondary N) is 1. The summed E-state index contributed by atoms with van der Waals surface area (Å²) < 4.78 is 6.98. The number of fused-ring (bicyclic) bond motifs is 1. The summed E-state index contributed by atoms with van der Waals surface area (Å²) in [6, 6.07) is 1.52. The summed E-state index contributed by atoms with van der Waals surface area (Å²) in [5, 5.41) is 4.70. The maximum Gasteiger partial charge on any atom is 0.258 e. The molecule has 0 atom stereocenters. The molecule has 2 heterocycles. The molecule has 0 spiro atoms. The molecule has 0 bridgehead atoms. The second kappa shape index (κ2) is 9.80. The number of rotatable bonds is 10. The van der Waals surface area contributed by atoms with Gasteiger partial charge in [-0.2, -0.15) is 0 Å². The number of thiazole rings is 1. The first-order valence-electron chi connectivity index (χ1n) is 7.94. The number of carbonyl (C=O) groups is 1. The van der Waals surface area contributed by atoms with Crippen molar-refractivity contribution in [1.29, 1.82) is 0 Å². The van der Waals surface area contributed by atoms with Gasteiger partial charge in [-0.3, -0.25) is 14.0 Å². The minimum absolute atomic E-state index is 0.00205. The predicted molar refractivity (Wildman–Crippen MR) is 98.8 cm³/mol. The van der Waals surface area contributed by atoms with Gasteiger partial charge in [-0.25, -0.2) is 4.98 Å². The molecule has 24 heavy (non-hydrogen) atoms. The molecule has 0 radical (unpaired) electrons. The number of hydrogen-bond donors (Lipinski definition) is 1. The zero-order valence-corrected chi connectivity index (χ0v) is 15.6. The zero-order valence-electron chi connectivity index (χ0n) is 14.0. The summed E-state index contributed by atoms with van der Waals surface area (Å²) in [6.07, 6.45) is 2.53. The molecule has 0 unspecified atom stereocenters. The van der Waals surface area contributed by atoms with Crippen molar-refractivity contribution in [1.82, 2.24) is 14.7 Å². The lowest BCUT2D eigenvalue weighted by molar-refractivity contribution is -0.118. The first kappa shape index (κ1) is 19.0. The van der Waals surface area contributed by atoms with Gasteiger partial charge in [0.1, 0.15) is 0 Å². The molecular formula is C16H23N3O3S2. The summed E-state index contributed by atoms with van der Waals surface area (Å²) in [5.41, 5.74) is 0.630. The number of nitrogens with zero attached hydrogens (tertiary/aromatic N) is 2. The Bertz CT molecular complexity index is 712. The largest absolute Gasteiger partial charge is 0.381 e. The maximum absolute atomic E-state index is 11.9. The molecule has 0 aliphatic carbocycles. The third-order valence-electron chi connectivity index (χ3n) is 3.08. The minimum atomic E-state index is -0.0808. The van der Waals surface area contributed by atoms with E-state index >= 15 is 0 Å². The molecular weight excluding hydrogens is 346 g/mol. The van der Waals surface area contributed by atoms with Crippen LogP contribution in [-0.4, -0.2) is 40.8 Å². The molecule has 1 amide bonds. The molecule has 0 aliphatic heterocycles. The molecule has 132 valence electrons. The Morgan fingerprint density at radius 1 is 1.50 bits per heavy atom. The Morgan fingerprint density at radius 2 is 2.33 bits per heavy atom. The quantitative estimate of drug-likeness (QED) is 0.650. The number of aromatic nitrogens is 2. The summed E-state index contributed by atoms with van der Waals surface area (Å²) in [7, 11) is 0. The van der Waals surface area contributed by atoms with E-state index in [1.165, 1.54) is 33.6 Å². The molecule has 0 saturated carbocycles. The third-order valence-corrected chi connectivity index (χ3v) is 4.80. The van der Waals surface area contributed by atoms with Crippen LogP contribution in [0.1, 0.15) is 26.0 Å². The number of carbonyl (C=O) groups excluding carboxylic acids is 1. The standard InChI is InChI=1S/C16H23N3O3S2/c1-12(2)9-22-6-3-4-17-14(20)11-23-10-13-8-15(21)19-5-7-24-16(19)18-13/h5,7-8,12H,3-4,6,9-11H2,1-2H3,(H,17,20). The van der Waals surface area contributed by atoms with Crippen molar-refractivity contribution >= 4 is 34.0 Å². The van der Waals surface area contributed by atoms with E-state index in [1.807, 2.05) is 5.38 Å². The summed E-state index contributed by atoms with van der Waals surface area (Å²) in [4.78, 5) is 28.7. The van der Waals surface area contributed by atoms with E-state index in [0.29, 0.717) is 41.2 Å². The lowest BCUT2D eigenvalue weighted by atomic mass is 10.2. The first-order valence-corrected chi connectivity index (χ1v) is 9.97. The third kappa shape index (κ3) is 6.26. The normalized spacial score (nSPS) is 11.3. The molecule has 6 nitrogen and oxygen atoms in total. The molecule has 2 aromatic heterocycles. The van der Waals surface area contributed by atoms with Gasteiger partial charge in [0.05, 0.1) is 11.4 Å². The van der Waals surface area contributed by atoms with Crippen molar-refractivity contribution in [2.24, 2.45) is 5.92 Å². The van der Waals surface area contributed by atoms with Crippen molar-refractivity contribution in [2.75, 3.05) is 25.5 Å². The fourth-order valence-electron chi connectivity index (χ4n) is 1.98. The highest BCUT2D eigenvalue weighted by molar-refractivity contribution is 7.99. The van der Waals surface area contributed by atoms with Gasteiger partial charge in [-0.05, 0) is 12.3 Å². The van der Waals surface area contributed by atoms with Gasteiger partial charge in [0.25, 0.3) is 5.56 Å². The molecule has 0 saturated heterocycles. The Labute approximate surface area is 149 Å². The van der Waals surface area contributed by atoms with E-state index in [2.05, 4.69) is 24.1 Å². The fourth-order valence-corrected chi connectivity index (χ4v) is 3.47. The Balaban J connectivity index is 1.62. The molecule has 2 rings (SSSR count). The molecule has 2 aromatic rings. The second-order valence-electron chi connectivity index (χ2n) is 5.81. The first-order chi connectivity index (χ1) is 11.6. The van der Waals surface area contributed by atoms with Crippen LogP contribution in [0.5, 0.6) is 0 Å². The Morgan fingerprint density at radius 3 is 3.12 bits per heavy atom. The fraction of sp³-hybridized carbons (Fsp3) is 0.562. The monoisotopic (exact) mass is 369 g/mol. The van der Waals surface area contributed by atoms with Crippen LogP contribution < -0.4 is 10.9 Å². The Hall–Kier alpha value is -1.38. The SMILES string of the molecule is CC(C)COCCCNC(=O)CSCc1cc(=O)n2ccsc2n1. The van der Waals surface area contributed by atoms with Crippen LogP contribution in [0.25, 0.3) is 4.96 Å².